The quantitative estimate of drug-likeness (QED) is 0.256. The van der Waals surface area contributed by atoms with Crippen molar-refractivity contribution in [2.75, 3.05) is 12.4 Å². The van der Waals surface area contributed by atoms with E-state index in [0.29, 0.717) is 26.6 Å². The summed E-state index contributed by atoms with van der Waals surface area (Å²) < 4.78 is 25.4. The minimum atomic E-state index is -1.06. The molecule has 0 fully saturated rings. The van der Waals surface area contributed by atoms with E-state index in [2.05, 4.69) is 31.8 Å². The minimum absolute atomic E-state index is 0.126. The Morgan fingerprint density at radius 1 is 1.09 bits per heavy atom. The molecule has 33 heavy (non-hydrogen) atoms. The van der Waals surface area contributed by atoms with Crippen LogP contribution in [-0.4, -0.2) is 25.1 Å². The summed E-state index contributed by atoms with van der Waals surface area (Å²) in [6.45, 7) is 0.258. The minimum Gasteiger partial charge on any atom is -0.493 e. The molecule has 170 valence electrons. The van der Waals surface area contributed by atoms with Crippen LogP contribution in [0.3, 0.4) is 0 Å². The molecule has 0 saturated heterocycles. The molecule has 0 heterocycles. The van der Waals surface area contributed by atoms with Crippen molar-refractivity contribution < 1.29 is 23.5 Å². The maximum absolute atomic E-state index is 13.8. The van der Waals surface area contributed by atoms with Gasteiger partial charge in [0.25, 0.3) is 0 Å². The number of nitrogens with zero attached hydrogens (tertiary/aromatic N) is 1. The number of methoxy groups -OCH3 is 1. The first-order valence-electron chi connectivity index (χ1n) is 9.51. The Labute approximate surface area is 202 Å². The maximum Gasteiger partial charge on any atom is 0.329 e. The number of nitrogens with one attached hydrogen (secondary N) is 2. The Morgan fingerprint density at radius 3 is 2.61 bits per heavy atom. The molecule has 0 spiro atoms. The molecule has 2 N–H and O–H groups in total. The average molecular weight is 535 g/mol. The van der Waals surface area contributed by atoms with Crippen LogP contribution in [0.1, 0.15) is 11.1 Å². The fraction of sp³-hybridized carbons (Fsp3) is 0.0870. The lowest BCUT2D eigenvalue weighted by Crippen LogP contribution is -2.32. The third-order valence-electron chi connectivity index (χ3n) is 4.29. The zero-order valence-corrected chi connectivity index (χ0v) is 19.6. The third-order valence-corrected chi connectivity index (χ3v) is 5.16. The summed E-state index contributed by atoms with van der Waals surface area (Å²) in [5.41, 5.74) is 3.37. The molecule has 0 bridgehead atoms. The summed E-state index contributed by atoms with van der Waals surface area (Å²) in [6, 6.07) is 16.4. The van der Waals surface area contributed by atoms with Gasteiger partial charge in [0.15, 0.2) is 11.5 Å². The molecule has 2 amide bonds. The van der Waals surface area contributed by atoms with Gasteiger partial charge in [-0.05, 0) is 48.0 Å². The Morgan fingerprint density at radius 2 is 1.88 bits per heavy atom. The van der Waals surface area contributed by atoms with Crippen molar-refractivity contribution in [3.8, 4) is 11.5 Å². The van der Waals surface area contributed by atoms with Crippen molar-refractivity contribution in [3.05, 3.63) is 87.1 Å². The Bertz CT molecular complexity index is 1210. The maximum atomic E-state index is 13.8. The number of carbonyl (C=O) groups is 2. The molecule has 3 aromatic rings. The lowest BCUT2D eigenvalue weighted by molar-refractivity contribution is -0.136. The van der Waals surface area contributed by atoms with Crippen LogP contribution in [0.2, 0.25) is 5.02 Å². The highest BCUT2D eigenvalue weighted by Crippen LogP contribution is 2.29. The van der Waals surface area contributed by atoms with Gasteiger partial charge in [0.05, 0.1) is 19.0 Å². The number of anilines is 1. The highest BCUT2D eigenvalue weighted by atomic mass is 79.9. The molecule has 0 aliphatic carbocycles. The molecule has 0 aliphatic heterocycles. The van der Waals surface area contributed by atoms with Crippen LogP contribution < -0.4 is 20.2 Å². The summed E-state index contributed by atoms with van der Waals surface area (Å²) in [5, 5.41) is 6.53. The van der Waals surface area contributed by atoms with Crippen molar-refractivity contribution in [3.63, 3.8) is 0 Å². The van der Waals surface area contributed by atoms with E-state index >= 15 is 0 Å². The van der Waals surface area contributed by atoms with Gasteiger partial charge in [-0.2, -0.15) is 5.10 Å². The first-order valence-corrected chi connectivity index (χ1v) is 10.7. The van der Waals surface area contributed by atoms with Crippen molar-refractivity contribution in [1.29, 1.82) is 0 Å². The molecule has 0 atom stereocenters. The van der Waals surface area contributed by atoms with Crippen molar-refractivity contribution in [1.82, 2.24) is 5.43 Å². The number of amides is 2. The SMILES string of the molecule is COc1cc(/C=N/NC(=O)C(=O)Nc2ccc(Br)cc2F)ccc1OCc1ccccc1Cl. The highest BCUT2D eigenvalue weighted by molar-refractivity contribution is 9.10. The van der Waals surface area contributed by atoms with Gasteiger partial charge in [0.2, 0.25) is 0 Å². The van der Waals surface area contributed by atoms with E-state index in [1.807, 2.05) is 18.2 Å². The second-order valence-corrected chi connectivity index (χ2v) is 7.89. The van der Waals surface area contributed by atoms with Crippen molar-refractivity contribution in [2.45, 2.75) is 6.61 Å². The molecular formula is C23H18BrClFN3O4. The smallest absolute Gasteiger partial charge is 0.329 e. The zero-order valence-electron chi connectivity index (χ0n) is 17.3. The average Bonchev–Trinajstić information content (AvgIpc) is 2.80. The van der Waals surface area contributed by atoms with E-state index in [-0.39, 0.29) is 12.3 Å². The summed E-state index contributed by atoms with van der Waals surface area (Å²) >= 11 is 9.25. The number of hydrogen-bond acceptors (Lipinski definition) is 5. The van der Waals surface area contributed by atoms with Crippen molar-refractivity contribution >= 4 is 51.2 Å². The Kier molecular flexibility index (Phi) is 8.39. The van der Waals surface area contributed by atoms with Crippen LogP contribution in [0.15, 0.2) is 70.2 Å². The second-order valence-electron chi connectivity index (χ2n) is 6.57. The van der Waals surface area contributed by atoms with Crippen LogP contribution in [-0.2, 0) is 16.2 Å². The van der Waals surface area contributed by atoms with Crippen LogP contribution in [0.4, 0.5) is 10.1 Å². The van der Waals surface area contributed by atoms with Gasteiger partial charge in [-0.3, -0.25) is 9.59 Å². The molecular weight excluding hydrogens is 517 g/mol. The van der Waals surface area contributed by atoms with Crippen LogP contribution in [0.25, 0.3) is 0 Å². The van der Waals surface area contributed by atoms with E-state index in [4.69, 9.17) is 21.1 Å². The molecule has 0 aliphatic rings. The number of ether oxygens (including phenoxy) is 2. The zero-order chi connectivity index (χ0) is 23.8. The molecule has 0 radical (unpaired) electrons. The van der Waals surface area contributed by atoms with Gasteiger partial charge >= 0.3 is 11.8 Å². The van der Waals surface area contributed by atoms with Gasteiger partial charge in [-0.25, -0.2) is 9.82 Å². The molecule has 7 nitrogen and oxygen atoms in total. The van der Waals surface area contributed by atoms with Gasteiger partial charge in [-0.1, -0.05) is 45.7 Å². The predicted octanol–water partition coefficient (Wildman–Crippen LogP) is 4.92. The number of hydrogen-bond donors (Lipinski definition) is 2. The van der Waals surface area contributed by atoms with Gasteiger partial charge in [0, 0.05) is 15.1 Å². The first kappa shape index (κ1) is 24.2. The molecule has 3 aromatic carbocycles. The van der Waals surface area contributed by atoms with Gasteiger partial charge < -0.3 is 14.8 Å². The van der Waals surface area contributed by atoms with E-state index in [1.165, 1.54) is 31.5 Å². The van der Waals surface area contributed by atoms with Crippen molar-refractivity contribution in [2.24, 2.45) is 5.10 Å². The first-order chi connectivity index (χ1) is 15.9. The highest BCUT2D eigenvalue weighted by Gasteiger charge is 2.15. The number of benzene rings is 3. The van der Waals surface area contributed by atoms with Gasteiger partial charge in [0.1, 0.15) is 12.4 Å². The van der Waals surface area contributed by atoms with Crippen LogP contribution in [0.5, 0.6) is 11.5 Å². The molecule has 0 aromatic heterocycles. The molecule has 10 heteroatoms. The predicted molar refractivity (Wildman–Crippen MR) is 127 cm³/mol. The van der Waals surface area contributed by atoms with E-state index in [1.54, 1.807) is 24.3 Å². The lowest BCUT2D eigenvalue weighted by Gasteiger charge is -2.12. The lowest BCUT2D eigenvalue weighted by atomic mass is 10.2. The number of carbonyl (C=O) groups excluding carboxylic acids is 2. The third kappa shape index (κ3) is 6.77. The summed E-state index contributed by atoms with van der Waals surface area (Å²) in [7, 11) is 1.49. The van der Waals surface area contributed by atoms with Gasteiger partial charge in [-0.15, -0.1) is 0 Å². The summed E-state index contributed by atoms with van der Waals surface area (Å²) in [5.74, 6) is -1.86. The molecule has 3 rings (SSSR count). The van der Waals surface area contributed by atoms with E-state index < -0.39 is 17.6 Å². The van der Waals surface area contributed by atoms with E-state index in [0.717, 1.165) is 5.56 Å². The fourth-order valence-corrected chi connectivity index (χ4v) is 3.16. The fourth-order valence-electron chi connectivity index (χ4n) is 2.64. The Hall–Kier alpha value is -3.43. The topological polar surface area (TPSA) is 89.0 Å². The number of rotatable bonds is 7. The largest absolute Gasteiger partial charge is 0.493 e. The second kappa shape index (κ2) is 11.4. The normalized spacial score (nSPS) is 10.7. The summed E-state index contributed by atoms with van der Waals surface area (Å²) in [4.78, 5) is 23.8. The standard InChI is InChI=1S/C23H18BrClFN3O4/c1-32-21-10-14(6-9-20(21)33-13-15-4-2-3-5-17(15)25)12-27-29-23(31)22(30)28-19-8-7-16(24)11-18(19)26/h2-12H,13H2,1H3,(H,28,30)(H,29,31)/b27-12+. The number of hydrazone groups is 1. The molecule has 0 unspecified atom stereocenters. The monoisotopic (exact) mass is 533 g/mol. The summed E-state index contributed by atoms with van der Waals surface area (Å²) in [6.07, 6.45) is 1.33. The van der Waals surface area contributed by atoms with Crippen LogP contribution in [0, 0.1) is 5.82 Å². The Balaban J connectivity index is 1.58. The number of halogens is 3. The molecule has 0 saturated carbocycles. The van der Waals surface area contributed by atoms with E-state index in [9.17, 15) is 14.0 Å². The van der Waals surface area contributed by atoms with Crippen LogP contribution >= 0.6 is 27.5 Å².